The third-order valence-corrected chi connectivity index (χ3v) is 5.15. The van der Waals surface area contributed by atoms with Crippen LogP contribution in [0.2, 0.25) is 0 Å². The van der Waals surface area contributed by atoms with E-state index in [2.05, 4.69) is 9.80 Å². The molecule has 0 aromatic rings. The van der Waals surface area contributed by atoms with Gasteiger partial charge in [0.25, 0.3) is 0 Å². The highest BCUT2D eigenvalue weighted by molar-refractivity contribution is 5.81. The molecular formula is C16H29N3O2. The van der Waals surface area contributed by atoms with Crippen molar-refractivity contribution in [2.45, 2.75) is 50.6 Å². The monoisotopic (exact) mass is 295 g/mol. The van der Waals surface area contributed by atoms with E-state index in [1.54, 1.807) is 0 Å². The molecule has 5 nitrogen and oxygen atoms in total. The maximum Gasteiger partial charge on any atom is 0.225 e. The molecule has 2 N–H and O–H groups in total. The molecule has 0 aromatic carbocycles. The minimum absolute atomic E-state index is 0.342. The van der Waals surface area contributed by atoms with Crippen molar-refractivity contribution in [3.63, 3.8) is 0 Å². The van der Waals surface area contributed by atoms with Gasteiger partial charge in [0.1, 0.15) is 0 Å². The molecule has 1 aliphatic carbocycles. The number of likely N-dealkylation sites (tertiary alicyclic amines) is 1. The van der Waals surface area contributed by atoms with Gasteiger partial charge < -0.3 is 15.4 Å². The second-order valence-electron chi connectivity index (χ2n) is 6.72. The molecule has 1 amide bonds. The zero-order chi connectivity index (χ0) is 14.7. The molecule has 0 aromatic heterocycles. The molecule has 2 saturated heterocycles. The highest BCUT2D eigenvalue weighted by Crippen LogP contribution is 2.32. The first-order valence-corrected chi connectivity index (χ1v) is 8.62. The fourth-order valence-electron chi connectivity index (χ4n) is 3.84. The summed E-state index contributed by atoms with van der Waals surface area (Å²) in [6, 6.07) is 1.08. The van der Waals surface area contributed by atoms with Crippen LogP contribution in [0.25, 0.3) is 0 Å². The van der Waals surface area contributed by atoms with Crippen LogP contribution in [0, 0.1) is 5.92 Å². The zero-order valence-electron chi connectivity index (χ0n) is 13.0. The Morgan fingerprint density at radius 1 is 1.14 bits per heavy atom. The SMILES string of the molecule is NCCN(C1CCOCC1)C1CCCN(C(=O)C2CC2)C1. The highest BCUT2D eigenvalue weighted by atomic mass is 16.5. The lowest BCUT2D eigenvalue weighted by Crippen LogP contribution is -2.55. The van der Waals surface area contributed by atoms with E-state index in [0.717, 1.165) is 65.0 Å². The summed E-state index contributed by atoms with van der Waals surface area (Å²) in [4.78, 5) is 17.0. The molecule has 0 spiro atoms. The first-order valence-electron chi connectivity index (χ1n) is 8.62. The molecule has 1 unspecified atom stereocenters. The number of carbonyl (C=O) groups is 1. The lowest BCUT2D eigenvalue weighted by molar-refractivity contribution is -0.135. The largest absolute Gasteiger partial charge is 0.381 e. The summed E-state index contributed by atoms with van der Waals surface area (Å²) in [5.41, 5.74) is 5.84. The van der Waals surface area contributed by atoms with Gasteiger partial charge in [0, 0.05) is 57.4 Å². The van der Waals surface area contributed by atoms with Gasteiger partial charge in [-0.15, -0.1) is 0 Å². The van der Waals surface area contributed by atoms with Crippen LogP contribution in [0.1, 0.15) is 38.5 Å². The first kappa shape index (κ1) is 15.3. The molecule has 3 fully saturated rings. The second-order valence-corrected chi connectivity index (χ2v) is 6.72. The highest BCUT2D eigenvalue weighted by Gasteiger charge is 2.37. The molecule has 1 atom stereocenters. The minimum Gasteiger partial charge on any atom is -0.381 e. The molecule has 0 bridgehead atoms. The number of hydrogen-bond donors (Lipinski definition) is 1. The average molecular weight is 295 g/mol. The molecule has 3 aliphatic rings. The van der Waals surface area contributed by atoms with E-state index < -0.39 is 0 Å². The summed E-state index contributed by atoms with van der Waals surface area (Å²) >= 11 is 0. The van der Waals surface area contributed by atoms with Gasteiger partial charge in [-0.1, -0.05) is 0 Å². The maximum absolute atomic E-state index is 12.3. The van der Waals surface area contributed by atoms with E-state index >= 15 is 0 Å². The predicted octanol–water partition coefficient (Wildman–Crippen LogP) is 0.827. The number of ether oxygens (including phenoxy) is 1. The van der Waals surface area contributed by atoms with Crippen molar-refractivity contribution < 1.29 is 9.53 Å². The number of amides is 1. The van der Waals surface area contributed by atoms with Crippen LogP contribution in [0.3, 0.4) is 0 Å². The van der Waals surface area contributed by atoms with Crippen LogP contribution in [0.5, 0.6) is 0 Å². The Morgan fingerprint density at radius 2 is 1.90 bits per heavy atom. The Hall–Kier alpha value is -0.650. The van der Waals surface area contributed by atoms with E-state index in [1.807, 2.05) is 0 Å². The van der Waals surface area contributed by atoms with Crippen molar-refractivity contribution in [2.75, 3.05) is 39.4 Å². The maximum atomic E-state index is 12.3. The fourth-order valence-corrected chi connectivity index (χ4v) is 3.84. The minimum atomic E-state index is 0.342. The van der Waals surface area contributed by atoms with Gasteiger partial charge in [0.2, 0.25) is 5.91 Å². The van der Waals surface area contributed by atoms with Gasteiger partial charge in [-0.2, -0.15) is 0 Å². The van der Waals surface area contributed by atoms with E-state index in [-0.39, 0.29) is 0 Å². The summed E-state index contributed by atoms with van der Waals surface area (Å²) in [7, 11) is 0. The molecule has 120 valence electrons. The molecule has 3 rings (SSSR count). The van der Waals surface area contributed by atoms with Gasteiger partial charge in [-0.3, -0.25) is 9.69 Å². The summed E-state index contributed by atoms with van der Waals surface area (Å²) < 4.78 is 5.49. The van der Waals surface area contributed by atoms with Crippen molar-refractivity contribution in [3.8, 4) is 0 Å². The smallest absolute Gasteiger partial charge is 0.225 e. The Balaban J connectivity index is 1.61. The summed E-state index contributed by atoms with van der Waals surface area (Å²) in [5.74, 6) is 0.745. The van der Waals surface area contributed by atoms with Crippen LogP contribution < -0.4 is 5.73 Å². The quantitative estimate of drug-likeness (QED) is 0.816. The molecule has 0 radical (unpaired) electrons. The van der Waals surface area contributed by atoms with Crippen LogP contribution >= 0.6 is 0 Å². The lowest BCUT2D eigenvalue weighted by Gasteiger charge is -2.44. The Morgan fingerprint density at radius 3 is 2.57 bits per heavy atom. The average Bonchev–Trinajstić information content (AvgIpc) is 3.38. The third-order valence-electron chi connectivity index (χ3n) is 5.15. The number of nitrogens with zero attached hydrogens (tertiary/aromatic N) is 2. The summed E-state index contributed by atoms with van der Waals surface area (Å²) in [5, 5.41) is 0. The van der Waals surface area contributed by atoms with Crippen LogP contribution in [-0.2, 0) is 9.53 Å². The van der Waals surface area contributed by atoms with Crippen molar-refractivity contribution in [3.05, 3.63) is 0 Å². The number of hydrogen-bond acceptors (Lipinski definition) is 4. The Labute approximate surface area is 127 Å². The number of piperidine rings is 1. The van der Waals surface area contributed by atoms with E-state index in [0.29, 0.717) is 30.5 Å². The van der Waals surface area contributed by atoms with Crippen LogP contribution in [0.15, 0.2) is 0 Å². The van der Waals surface area contributed by atoms with Crippen molar-refractivity contribution >= 4 is 5.91 Å². The molecular weight excluding hydrogens is 266 g/mol. The van der Waals surface area contributed by atoms with E-state index in [4.69, 9.17) is 10.5 Å². The van der Waals surface area contributed by atoms with Gasteiger partial charge in [-0.25, -0.2) is 0 Å². The van der Waals surface area contributed by atoms with Crippen molar-refractivity contribution in [2.24, 2.45) is 11.7 Å². The number of nitrogens with two attached hydrogens (primary N) is 1. The van der Waals surface area contributed by atoms with Crippen LogP contribution in [0.4, 0.5) is 0 Å². The number of carbonyl (C=O) groups excluding carboxylic acids is 1. The van der Waals surface area contributed by atoms with Crippen molar-refractivity contribution in [1.29, 1.82) is 0 Å². The normalized spacial score (nSPS) is 28.1. The topological polar surface area (TPSA) is 58.8 Å². The molecule has 5 heteroatoms. The third kappa shape index (κ3) is 3.76. The van der Waals surface area contributed by atoms with E-state index in [9.17, 15) is 4.79 Å². The van der Waals surface area contributed by atoms with Crippen molar-refractivity contribution in [1.82, 2.24) is 9.80 Å². The molecule has 21 heavy (non-hydrogen) atoms. The number of rotatable bonds is 5. The standard InChI is InChI=1S/C16H29N3O2/c17-7-9-19(14-5-10-21-11-6-14)15-2-1-8-18(12-15)16(20)13-3-4-13/h13-15H,1-12,17H2. The Kier molecular flexibility index (Phi) is 5.14. The second kappa shape index (κ2) is 7.07. The molecule has 2 aliphatic heterocycles. The fraction of sp³-hybridized carbons (Fsp3) is 0.938. The van der Waals surface area contributed by atoms with Gasteiger partial charge in [0.05, 0.1) is 0 Å². The van der Waals surface area contributed by atoms with Gasteiger partial charge in [-0.05, 0) is 38.5 Å². The molecule has 1 saturated carbocycles. The Bertz CT molecular complexity index is 353. The lowest BCUT2D eigenvalue weighted by atomic mass is 9.98. The molecule has 2 heterocycles. The predicted molar refractivity (Wildman–Crippen MR) is 81.9 cm³/mol. The summed E-state index contributed by atoms with van der Waals surface area (Å²) in [6.45, 7) is 5.24. The van der Waals surface area contributed by atoms with Gasteiger partial charge >= 0.3 is 0 Å². The van der Waals surface area contributed by atoms with E-state index in [1.165, 1.54) is 6.42 Å². The first-order chi connectivity index (χ1) is 10.3. The van der Waals surface area contributed by atoms with Gasteiger partial charge in [0.15, 0.2) is 0 Å². The zero-order valence-corrected chi connectivity index (χ0v) is 13.0. The summed E-state index contributed by atoms with van der Waals surface area (Å²) in [6.07, 6.45) is 6.75. The van der Waals surface area contributed by atoms with Crippen LogP contribution in [-0.4, -0.2) is 67.2 Å².